The molecule has 0 saturated heterocycles. The first-order chi connectivity index (χ1) is 14.2. The average molecular weight is 379 g/mol. The Balaban J connectivity index is 1.77. The fourth-order valence-corrected chi connectivity index (χ4v) is 3.57. The molecule has 4 aromatic carbocycles. The van der Waals surface area contributed by atoms with Gasteiger partial charge in [-0.15, -0.1) is 0 Å². The second-order valence-corrected chi connectivity index (χ2v) is 7.54. The number of rotatable bonds is 6. The Morgan fingerprint density at radius 2 is 0.724 bits per heavy atom. The zero-order valence-corrected chi connectivity index (χ0v) is 17.0. The third-order valence-electron chi connectivity index (χ3n) is 5.24. The second-order valence-electron chi connectivity index (χ2n) is 7.54. The molecule has 0 saturated carbocycles. The van der Waals surface area contributed by atoms with Gasteiger partial charge in [0.15, 0.2) is 0 Å². The number of hydrogen-bond donors (Lipinski definition) is 0. The maximum absolute atomic E-state index is 6.87. The molecule has 0 amide bonds. The molecule has 1 heteroatoms. The highest BCUT2D eigenvalue weighted by Crippen LogP contribution is 2.36. The summed E-state index contributed by atoms with van der Waals surface area (Å²) < 4.78 is 6.87. The van der Waals surface area contributed by atoms with Crippen molar-refractivity contribution in [3.63, 3.8) is 0 Å². The first-order valence-electron chi connectivity index (χ1n) is 10.1. The molecule has 0 aromatic heterocycles. The van der Waals surface area contributed by atoms with Crippen LogP contribution in [0.2, 0.25) is 0 Å². The van der Waals surface area contributed by atoms with E-state index in [2.05, 4.69) is 111 Å². The van der Waals surface area contributed by atoms with Gasteiger partial charge in [-0.25, -0.2) is 0 Å². The summed E-state index contributed by atoms with van der Waals surface area (Å²) in [7, 11) is 0. The molecule has 29 heavy (non-hydrogen) atoms. The molecule has 0 radical (unpaired) electrons. The SMILES string of the molecule is Cc1ccc(C(OC(c2ccccc2)c2ccc(C)cc2)c2ccccc2)cc1. The molecule has 0 aliphatic heterocycles. The molecule has 0 aliphatic rings. The Morgan fingerprint density at radius 1 is 0.414 bits per heavy atom. The molecular formula is C28H26O. The van der Waals surface area contributed by atoms with E-state index in [1.54, 1.807) is 0 Å². The number of hydrogen-bond acceptors (Lipinski definition) is 1. The normalized spacial score (nSPS) is 13.0. The van der Waals surface area contributed by atoms with Gasteiger partial charge in [-0.1, -0.05) is 120 Å². The Bertz CT molecular complexity index is 932. The first-order valence-corrected chi connectivity index (χ1v) is 10.1. The van der Waals surface area contributed by atoms with Gasteiger partial charge < -0.3 is 4.74 Å². The summed E-state index contributed by atoms with van der Waals surface area (Å²) in [6.07, 6.45) is -0.299. The maximum Gasteiger partial charge on any atom is 0.109 e. The van der Waals surface area contributed by atoms with Crippen molar-refractivity contribution in [2.45, 2.75) is 26.1 Å². The molecule has 1 nitrogen and oxygen atoms in total. The molecule has 0 heterocycles. The number of ether oxygens (including phenoxy) is 1. The molecule has 0 N–H and O–H groups in total. The number of aryl methyl sites for hydroxylation is 2. The Kier molecular flexibility index (Phi) is 5.88. The van der Waals surface area contributed by atoms with Crippen LogP contribution in [0, 0.1) is 13.8 Å². The zero-order chi connectivity index (χ0) is 20.1. The van der Waals surface area contributed by atoms with E-state index in [9.17, 15) is 0 Å². The van der Waals surface area contributed by atoms with Crippen LogP contribution in [0.15, 0.2) is 109 Å². The molecular weight excluding hydrogens is 352 g/mol. The fraction of sp³-hybridized carbons (Fsp3) is 0.143. The van der Waals surface area contributed by atoms with Crippen LogP contribution in [0.5, 0.6) is 0 Å². The smallest absolute Gasteiger partial charge is 0.109 e. The van der Waals surface area contributed by atoms with E-state index < -0.39 is 0 Å². The molecule has 0 fully saturated rings. The van der Waals surface area contributed by atoms with Crippen LogP contribution in [0.3, 0.4) is 0 Å². The molecule has 0 spiro atoms. The van der Waals surface area contributed by atoms with Crippen molar-refractivity contribution < 1.29 is 4.74 Å². The van der Waals surface area contributed by atoms with Crippen LogP contribution in [0.4, 0.5) is 0 Å². The minimum Gasteiger partial charge on any atom is -0.356 e. The lowest BCUT2D eigenvalue weighted by atomic mass is 9.97. The van der Waals surface area contributed by atoms with Crippen molar-refractivity contribution in [1.82, 2.24) is 0 Å². The van der Waals surface area contributed by atoms with Gasteiger partial charge in [-0.2, -0.15) is 0 Å². The summed E-state index contributed by atoms with van der Waals surface area (Å²) in [6, 6.07) is 38.2. The van der Waals surface area contributed by atoms with E-state index in [0.717, 1.165) is 22.3 Å². The van der Waals surface area contributed by atoms with E-state index in [0.29, 0.717) is 0 Å². The summed E-state index contributed by atoms with van der Waals surface area (Å²) in [4.78, 5) is 0. The summed E-state index contributed by atoms with van der Waals surface area (Å²) >= 11 is 0. The summed E-state index contributed by atoms with van der Waals surface area (Å²) in [5.41, 5.74) is 7.14. The summed E-state index contributed by atoms with van der Waals surface area (Å²) in [5, 5.41) is 0. The second kappa shape index (κ2) is 8.89. The summed E-state index contributed by atoms with van der Waals surface area (Å²) in [6.45, 7) is 4.22. The third-order valence-corrected chi connectivity index (χ3v) is 5.24. The van der Waals surface area contributed by atoms with Gasteiger partial charge in [0, 0.05) is 0 Å². The number of benzene rings is 4. The molecule has 2 unspecified atom stereocenters. The van der Waals surface area contributed by atoms with Gasteiger partial charge in [0.05, 0.1) is 0 Å². The van der Waals surface area contributed by atoms with Crippen LogP contribution < -0.4 is 0 Å². The Hall–Kier alpha value is -3.16. The van der Waals surface area contributed by atoms with Crippen LogP contribution in [-0.2, 0) is 4.74 Å². The van der Waals surface area contributed by atoms with E-state index >= 15 is 0 Å². The molecule has 0 aliphatic carbocycles. The highest BCUT2D eigenvalue weighted by atomic mass is 16.5. The van der Waals surface area contributed by atoms with E-state index in [1.165, 1.54) is 11.1 Å². The highest BCUT2D eigenvalue weighted by molar-refractivity contribution is 5.35. The predicted molar refractivity (Wildman–Crippen MR) is 120 cm³/mol. The van der Waals surface area contributed by atoms with Gasteiger partial charge in [0.2, 0.25) is 0 Å². The quantitative estimate of drug-likeness (QED) is 0.345. The van der Waals surface area contributed by atoms with Gasteiger partial charge >= 0.3 is 0 Å². The average Bonchev–Trinajstić information content (AvgIpc) is 2.77. The zero-order valence-electron chi connectivity index (χ0n) is 17.0. The van der Waals surface area contributed by atoms with Crippen molar-refractivity contribution in [3.8, 4) is 0 Å². The molecule has 144 valence electrons. The molecule has 0 bridgehead atoms. The van der Waals surface area contributed by atoms with Gasteiger partial charge in [0.1, 0.15) is 12.2 Å². The van der Waals surface area contributed by atoms with E-state index in [1.807, 2.05) is 12.1 Å². The van der Waals surface area contributed by atoms with Crippen molar-refractivity contribution in [3.05, 3.63) is 143 Å². The lowest BCUT2D eigenvalue weighted by Gasteiger charge is -2.27. The topological polar surface area (TPSA) is 9.23 Å². The Morgan fingerprint density at radius 3 is 1.07 bits per heavy atom. The van der Waals surface area contributed by atoms with Crippen molar-refractivity contribution in [1.29, 1.82) is 0 Å². The van der Waals surface area contributed by atoms with Crippen molar-refractivity contribution >= 4 is 0 Å². The first kappa shape index (κ1) is 19.2. The summed E-state index contributed by atoms with van der Waals surface area (Å²) in [5.74, 6) is 0. The van der Waals surface area contributed by atoms with Crippen LogP contribution >= 0.6 is 0 Å². The van der Waals surface area contributed by atoms with Crippen molar-refractivity contribution in [2.75, 3.05) is 0 Å². The van der Waals surface area contributed by atoms with Gasteiger partial charge in [0.25, 0.3) is 0 Å². The molecule has 4 rings (SSSR count). The maximum atomic E-state index is 6.87. The standard InChI is InChI=1S/C28H26O/c1-21-13-17-25(18-14-21)27(23-9-5-3-6-10-23)29-28(24-11-7-4-8-12-24)26-19-15-22(2)16-20-26/h3-20,27-28H,1-2H3. The van der Waals surface area contributed by atoms with Gasteiger partial charge in [-0.05, 0) is 36.1 Å². The molecule has 2 atom stereocenters. The monoisotopic (exact) mass is 378 g/mol. The lowest BCUT2D eigenvalue weighted by molar-refractivity contribution is 0.0308. The van der Waals surface area contributed by atoms with E-state index in [4.69, 9.17) is 4.74 Å². The van der Waals surface area contributed by atoms with Crippen molar-refractivity contribution in [2.24, 2.45) is 0 Å². The Labute approximate surface area is 173 Å². The minimum atomic E-state index is -0.150. The fourth-order valence-electron chi connectivity index (χ4n) is 3.57. The minimum absolute atomic E-state index is 0.150. The van der Waals surface area contributed by atoms with Crippen LogP contribution in [0.25, 0.3) is 0 Å². The van der Waals surface area contributed by atoms with Gasteiger partial charge in [-0.3, -0.25) is 0 Å². The predicted octanol–water partition coefficient (Wildman–Crippen LogP) is 7.20. The third kappa shape index (κ3) is 4.64. The lowest BCUT2D eigenvalue weighted by Crippen LogP contribution is -2.13. The largest absolute Gasteiger partial charge is 0.356 e. The van der Waals surface area contributed by atoms with Crippen LogP contribution in [0.1, 0.15) is 45.6 Å². The molecule has 4 aromatic rings. The van der Waals surface area contributed by atoms with E-state index in [-0.39, 0.29) is 12.2 Å². The highest BCUT2D eigenvalue weighted by Gasteiger charge is 2.23. The van der Waals surface area contributed by atoms with Crippen LogP contribution in [-0.4, -0.2) is 0 Å².